The van der Waals surface area contributed by atoms with Crippen LogP contribution >= 0.6 is 0 Å². The molecule has 0 spiro atoms. The van der Waals surface area contributed by atoms with E-state index in [2.05, 4.69) is 31.2 Å². The van der Waals surface area contributed by atoms with E-state index < -0.39 is 5.91 Å². The lowest BCUT2D eigenvalue weighted by Crippen LogP contribution is -2.07. The number of amides is 1. The number of nitrogens with two attached hydrogens (primary N) is 1. The second-order valence-corrected chi connectivity index (χ2v) is 9.62. The van der Waals surface area contributed by atoms with Crippen molar-refractivity contribution in [3.8, 4) is 0 Å². The number of primary amides is 1. The van der Waals surface area contributed by atoms with Gasteiger partial charge in [-0.1, -0.05) is 122 Å². The van der Waals surface area contributed by atoms with Crippen molar-refractivity contribution in [1.82, 2.24) is 0 Å². The lowest BCUT2D eigenvalue weighted by atomic mass is 9.99. The number of unbranched alkanes of at least 4 members (excludes halogenated alkanes) is 13. The van der Waals surface area contributed by atoms with E-state index in [0.29, 0.717) is 5.76 Å². The number of furan rings is 1. The number of hydrogen-bond acceptors (Lipinski definition) is 2. The van der Waals surface area contributed by atoms with Crippen LogP contribution in [0.4, 0.5) is 0 Å². The minimum Gasteiger partial charge on any atom is -0.461 e. The van der Waals surface area contributed by atoms with Gasteiger partial charge in [-0.3, -0.25) is 4.79 Å². The number of aryl methyl sites for hydroxylation is 2. The molecule has 2 N–H and O–H groups in total. The molecule has 1 heterocycles. The van der Waals surface area contributed by atoms with Crippen LogP contribution in [-0.2, 0) is 17.6 Å². The third-order valence-corrected chi connectivity index (χ3v) is 6.65. The number of benzene rings is 1. The Morgan fingerprint density at radius 2 is 1.26 bits per heavy atom. The molecule has 0 bridgehead atoms. The Labute approximate surface area is 208 Å². The summed E-state index contributed by atoms with van der Waals surface area (Å²) in [5.74, 6) is 1.13. The maximum Gasteiger partial charge on any atom is 0.242 e. The van der Waals surface area contributed by atoms with Gasteiger partial charge in [0.25, 0.3) is 0 Å². The lowest BCUT2D eigenvalue weighted by molar-refractivity contribution is -0.113. The zero-order chi connectivity index (χ0) is 24.4. The zero-order valence-corrected chi connectivity index (χ0v) is 21.7. The summed E-state index contributed by atoms with van der Waals surface area (Å²) >= 11 is 0. The molecular weight excluding hydrogens is 418 g/mol. The van der Waals surface area contributed by atoms with Crippen LogP contribution in [0.15, 0.2) is 46.9 Å². The summed E-state index contributed by atoms with van der Waals surface area (Å²) in [5.41, 5.74) is 8.49. The minimum absolute atomic E-state index is 0.462. The first-order chi connectivity index (χ1) is 16.6. The van der Waals surface area contributed by atoms with Crippen LogP contribution in [0, 0.1) is 0 Å². The van der Waals surface area contributed by atoms with Gasteiger partial charge in [-0.2, -0.15) is 0 Å². The van der Waals surface area contributed by atoms with Gasteiger partial charge >= 0.3 is 0 Å². The summed E-state index contributed by atoms with van der Waals surface area (Å²) in [7, 11) is 0. The van der Waals surface area contributed by atoms with E-state index in [4.69, 9.17) is 10.2 Å². The monoisotopic (exact) mass is 465 g/mol. The van der Waals surface area contributed by atoms with Gasteiger partial charge in [-0.15, -0.1) is 0 Å². The predicted molar refractivity (Wildman–Crippen MR) is 145 cm³/mol. The molecule has 0 fully saturated rings. The highest BCUT2D eigenvalue weighted by Crippen LogP contribution is 2.26. The fourth-order valence-electron chi connectivity index (χ4n) is 4.53. The number of hydrogen-bond donors (Lipinski definition) is 1. The molecule has 0 atom stereocenters. The number of rotatable bonds is 19. The van der Waals surface area contributed by atoms with Crippen molar-refractivity contribution >= 4 is 11.5 Å². The fourth-order valence-corrected chi connectivity index (χ4v) is 4.53. The maximum atomic E-state index is 11.6. The van der Waals surface area contributed by atoms with Crippen molar-refractivity contribution in [1.29, 1.82) is 0 Å². The third-order valence-electron chi connectivity index (χ3n) is 6.65. The van der Waals surface area contributed by atoms with Crippen LogP contribution in [0.25, 0.3) is 5.57 Å². The third kappa shape index (κ3) is 11.2. The van der Waals surface area contributed by atoms with E-state index in [1.165, 1.54) is 102 Å². The van der Waals surface area contributed by atoms with E-state index in [1.54, 1.807) is 0 Å². The van der Waals surface area contributed by atoms with Crippen molar-refractivity contribution in [2.75, 3.05) is 0 Å². The summed E-state index contributed by atoms with van der Waals surface area (Å²) in [6, 6.07) is 12.3. The number of carbonyl (C=O) groups is 1. The van der Waals surface area contributed by atoms with E-state index in [9.17, 15) is 4.79 Å². The summed E-state index contributed by atoms with van der Waals surface area (Å²) in [4.78, 5) is 11.6. The summed E-state index contributed by atoms with van der Waals surface area (Å²) in [5, 5.41) is 0. The van der Waals surface area contributed by atoms with Crippen molar-refractivity contribution in [3.63, 3.8) is 0 Å². The summed E-state index contributed by atoms with van der Waals surface area (Å²) in [6.07, 6.45) is 22.8. The minimum atomic E-state index is -0.462. The molecule has 2 rings (SSSR count). The Morgan fingerprint density at radius 1 is 0.735 bits per heavy atom. The molecule has 1 aromatic carbocycles. The normalized spacial score (nSPS) is 11.8. The molecule has 0 saturated carbocycles. The van der Waals surface area contributed by atoms with Crippen molar-refractivity contribution in [2.45, 2.75) is 117 Å². The van der Waals surface area contributed by atoms with Crippen LogP contribution in [0.5, 0.6) is 0 Å². The second kappa shape index (κ2) is 17.2. The molecule has 3 heteroatoms. The van der Waals surface area contributed by atoms with Crippen molar-refractivity contribution in [2.24, 2.45) is 5.73 Å². The zero-order valence-electron chi connectivity index (χ0n) is 21.7. The first-order valence-electron chi connectivity index (χ1n) is 13.8. The molecule has 0 saturated heterocycles. The molecule has 3 nitrogen and oxygen atoms in total. The van der Waals surface area contributed by atoms with Gasteiger partial charge < -0.3 is 10.2 Å². The van der Waals surface area contributed by atoms with Crippen LogP contribution in [-0.4, -0.2) is 5.91 Å². The van der Waals surface area contributed by atoms with Crippen molar-refractivity contribution < 1.29 is 9.21 Å². The fraction of sp³-hybridized carbons (Fsp3) is 0.581. The van der Waals surface area contributed by atoms with Gasteiger partial charge in [-0.25, -0.2) is 0 Å². The van der Waals surface area contributed by atoms with Gasteiger partial charge in [0, 0.05) is 18.1 Å². The van der Waals surface area contributed by atoms with E-state index in [1.807, 2.05) is 19.1 Å². The van der Waals surface area contributed by atoms with E-state index >= 15 is 0 Å². The van der Waals surface area contributed by atoms with Crippen LogP contribution < -0.4 is 5.73 Å². The summed E-state index contributed by atoms with van der Waals surface area (Å²) in [6.45, 7) is 4.33. The molecule has 0 aliphatic heterocycles. The predicted octanol–water partition coefficient (Wildman–Crippen LogP) is 8.78. The molecule has 1 aromatic heterocycles. The topological polar surface area (TPSA) is 56.2 Å². The highest BCUT2D eigenvalue weighted by atomic mass is 16.3. The van der Waals surface area contributed by atoms with Gasteiger partial charge in [0.05, 0.1) is 0 Å². The standard InChI is InChI=1S/C31H47NO2/c1-3-5-6-7-8-9-10-11-12-13-14-15-16-17-18-26-19-21-27(22-20-26)29(25-31(32)33)30-24-23-28(4-2)34-30/h19-25H,3-18H2,1-2H3,(H2,32,33). The molecule has 2 aromatic rings. The molecule has 188 valence electrons. The molecule has 0 unspecified atom stereocenters. The van der Waals surface area contributed by atoms with Crippen molar-refractivity contribution in [3.05, 3.63) is 65.1 Å². The summed E-state index contributed by atoms with van der Waals surface area (Å²) < 4.78 is 5.86. The van der Waals surface area contributed by atoms with Gasteiger partial charge in [0.2, 0.25) is 5.91 Å². The van der Waals surface area contributed by atoms with Crippen LogP contribution in [0.3, 0.4) is 0 Å². The molecule has 0 radical (unpaired) electrons. The Kier molecular flexibility index (Phi) is 14.1. The average Bonchev–Trinajstić information content (AvgIpc) is 3.32. The highest BCUT2D eigenvalue weighted by molar-refractivity contribution is 5.97. The second-order valence-electron chi connectivity index (χ2n) is 9.62. The Morgan fingerprint density at radius 3 is 1.74 bits per heavy atom. The SMILES string of the molecule is CCCCCCCCCCCCCCCCc1ccc(C(=CC(N)=O)c2ccc(CC)o2)cc1. The number of carbonyl (C=O) groups excluding carboxylic acids is 1. The molecule has 34 heavy (non-hydrogen) atoms. The smallest absolute Gasteiger partial charge is 0.242 e. The average molecular weight is 466 g/mol. The molecule has 0 aliphatic rings. The van der Waals surface area contributed by atoms with E-state index in [0.717, 1.165) is 29.7 Å². The van der Waals surface area contributed by atoms with Gasteiger partial charge in [0.1, 0.15) is 11.5 Å². The maximum absolute atomic E-state index is 11.6. The first kappa shape index (κ1) is 28.0. The molecular formula is C31H47NO2. The Balaban J connectivity index is 1.61. The van der Waals surface area contributed by atoms with Crippen LogP contribution in [0.1, 0.15) is 126 Å². The quantitative estimate of drug-likeness (QED) is 0.166. The first-order valence-corrected chi connectivity index (χ1v) is 13.8. The Bertz CT molecular complexity index is 831. The Hall–Kier alpha value is -2.29. The lowest BCUT2D eigenvalue weighted by Gasteiger charge is -2.07. The molecule has 0 aliphatic carbocycles. The van der Waals surface area contributed by atoms with Gasteiger partial charge in [0.15, 0.2) is 0 Å². The highest BCUT2D eigenvalue weighted by Gasteiger charge is 2.11. The van der Waals surface area contributed by atoms with Crippen LogP contribution in [0.2, 0.25) is 0 Å². The van der Waals surface area contributed by atoms with E-state index in [-0.39, 0.29) is 0 Å². The largest absolute Gasteiger partial charge is 0.461 e. The van der Waals surface area contributed by atoms with Gasteiger partial charge in [-0.05, 0) is 36.1 Å². The molecule has 1 amide bonds.